The lowest BCUT2D eigenvalue weighted by atomic mass is 9.97. The van der Waals surface area contributed by atoms with Crippen molar-refractivity contribution in [1.82, 2.24) is 20.4 Å². The molecule has 1 saturated heterocycles. The number of nitrogens with one attached hydrogen (secondary N) is 1. The average Bonchev–Trinajstić information content (AvgIpc) is 3.23. The molecule has 6 heteroatoms. The highest BCUT2D eigenvalue weighted by Gasteiger charge is 2.26. The van der Waals surface area contributed by atoms with Crippen LogP contribution in [0.2, 0.25) is 0 Å². The first-order valence-corrected chi connectivity index (χ1v) is 10.6. The van der Waals surface area contributed by atoms with Crippen LogP contribution in [0.3, 0.4) is 0 Å². The normalized spacial score (nSPS) is 17.0. The molecule has 1 atom stereocenters. The number of carbonyl (C=O) groups excluding carboxylic acids is 1. The standard InChI is InChI=1S/C24H28N4O2/c1-18-7-5-10-20(15-18)23-26-22(30-27-23)17-28-14-6-11-21(16-28)24(29)25-13-12-19-8-3-2-4-9-19/h2-5,7-10,15,21H,6,11-14,16-17H2,1H3,(H,25,29). The van der Waals surface area contributed by atoms with E-state index in [1.165, 1.54) is 5.56 Å². The van der Waals surface area contributed by atoms with Gasteiger partial charge in [-0.2, -0.15) is 4.98 Å². The number of carbonyl (C=O) groups is 1. The first kappa shape index (κ1) is 20.3. The zero-order valence-corrected chi connectivity index (χ0v) is 17.4. The van der Waals surface area contributed by atoms with Crippen LogP contribution in [0, 0.1) is 12.8 Å². The summed E-state index contributed by atoms with van der Waals surface area (Å²) >= 11 is 0. The quantitative estimate of drug-likeness (QED) is 0.651. The summed E-state index contributed by atoms with van der Waals surface area (Å²) in [5.41, 5.74) is 3.36. The van der Waals surface area contributed by atoms with Crippen LogP contribution in [0.1, 0.15) is 29.9 Å². The summed E-state index contributed by atoms with van der Waals surface area (Å²) in [5.74, 6) is 1.35. The second-order valence-electron chi connectivity index (χ2n) is 7.98. The lowest BCUT2D eigenvalue weighted by molar-refractivity contribution is -0.126. The molecule has 156 valence electrons. The van der Waals surface area contributed by atoms with Gasteiger partial charge in [0.1, 0.15) is 0 Å². The number of likely N-dealkylation sites (tertiary alicyclic amines) is 1. The fourth-order valence-corrected chi connectivity index (χ4v) is 3.94. The van der Waals surface area contributed by atoms with Gasteiger partial charge in [0.25, 0.3) is 0 Å². The predicted molar refractivity (Wildman–Crippen MR) is 116 cm³/mol. The summed E-state index contributed by atoms with van der Waals surface area (Å²) in [4.78, 5) is 19.4. The SMILES string of the molecule is Cc1cccc(-c2noc(CN3CCCC(C(=O)NCCc4ccccc4)C3)n2)c1. The first-order valence-electron chi connectivity index (χ1n) is 10.6. The third kappa shape index (κ3) is 5.33. The minimum absolute atomic E-state index is 0.00804. The molecule has 1 aliphatic rings. The highest BCUT2D eigenvalue weighted by Crippen LogP contribution is 2.21. The number of amides is 1. The first-order chi connectivity index (χ1) is 14.7. The van der Waals surface area contributed by atoms with Crippen molar-refractivity contribution in [3.8, 4) is 11.4 Å². The maximum atomic E-state index is 12.6. The maximum Gasteiger partial charge on any atom is 0.241 e. The summed E-state index contributed by atoms with van der Waals surface area (Å²) in [7, 11) is 0. The van der Waals surface area contributed by atoms with Crippen LogP contribution in [0.25, 0.3) is 11.4 Å². The average molecular weight is 405 g/mol. The molecule has 4 rings (SSSR count). The number of benzene rings is 2. The number of hydrogen-bond acceptors (Lipinski definition) is 5. The van der Waals surface area contributed by atoms with Crippen LogP contribution in [0.4, 0.5) is 0 Å². The molecule has 1 aromatic heterocycles. The van der Waals surface area contributed by atoms with Gasteiger partial charge in [0, 0.05) is 18.7 Å². The third-order valence-electron chi connectivity index (χ3n) is 5.54. The van der Waals surface area contributed by atoms with Gasteiger partial charge in [-0.15, -0.1) is 0 Å². The Kier molecular flexibility index (Phi) is 6.54. The monoisotopic (exact) mass is 404 g/mol. The molecule has 1 fully saturated rings. The number of piperidine rings is 1. The second kappa shape index (κ2) is 9.67. The smallest absolute Gasteiger partial charge is 0.241 e. The Bertz CT molecular complexity index is 970. The van der Waals surface area contributed by atoms with E-state index in [2.05, 4.69) is 32.5 Å². The van der Waals surface area contributed by atoms with Crippen LogP contribution in [-0.2, 0) is 17.8 Å². The minimum Gasteiger partial charge on any atom is -0.355 e. The van der Waals surface area contributed by atoms with Crippen molar-refractivity contribution in [2.24, 2.45) is 5.92 Å². The number of nitrogens with zero attached hydrogens (tertiary/aromatic N) is 3. The summed E-state index contributed by atoms with van der Waals surface area (Å²) in [6.07, 6.45) is 2.77. The zero-order valence-electron chi connectivity index (χ0n) is 17.4. The third-order valence-corrected chi connectivity index (χ3v) is 5.54. The van der Waals surface area contributed by atoms with Crippen LogP contribution >= 0.6 is 0 Å². The fraction of sp³-hybridized carbons (Fsp3) is 0.375. The van der Waals surface area contributed by atoms with Crippen molar-refractivity contribution in [2.75, 3.05) is 19.6 Å². The molecule has 6 nitrogen and oxygen atoms in total. The van der Waals surface area contributed by atoms with Gasteiger partial charge >= 0.3 is 0 Å². The van der Waals surface area contributed by atoms with Gasteiger partial charge < -0.3 is 9.84 Å². The Balaban J connectivity index is 1.28. The molecule has 0 radical (unpaired) electrons. The van der Waals surface area contributed by atoms with Crippen LogP contribution < -0.4 is 5.32 Å². The Hall–Kier alpha value is -2.99. The fourth-order valence-electron chi connectivity index (χ4n) is 3.94. The molecule has 30 heavy (non-hydrogen) atoms. The van der Waals surface area contributed by atoms with Crippen molar-refractivity contribution >= 4 is 5.91 Å². The molecule has 0 aliphatic carbocycles. The molecule has 1 unspecified atom stereocenters. The van der Waals surface area contributed by atoms with Crippen molar-refractivity contribution in [2.45, 2.75) is 32.7 Å². The van der Waals surface area contributed by atoms with E-state index in [0.717, 1.165) is 43.5 Å². The molecular formula is C24H28N4O2. The Morgan fingerprint density at radius 1 is 1.20 bits per heavy atom. The molecular weight excluding hydrogens is 376 g/mol. The van der Waals surface area contributed by atoms with Gasteiger partial charge in [-0.1, -0.05) is 59.3 Å². The largest absolute Gasteiger partial charge is 0.355 e. The number of rotatable bonds is 7. The Labute approximate surface area is 177 Å². The molecule has 2 heterocycles. The van der Waals surface area contributed by atoms with Gasteiger partial charge in [-0.05, 0) is 44.4 Å². The number of hydrogen-bond donors (Lipinski definition) is 1. The van der Waals surface area contributed by atoms with Crippen LogP contribution in [-0.4, -0.2) is 40.6 Å². The Morgan fingerprint density at radius 3 is 2.90 bits per heavy atom. The second-order valence-corrected chi connectivity index (χ2v) is 7.98. The van der Waals surface area contributed by atoms with E-state index in [-0.39, 0.29) is 11.8 Å². The van der Waals surface area contributed by atoms with Crippen molar-refractivity contribution in [3.05, 3.63) is 71.6 Å². The van der Waals surface area contributed by atoms with Gasteiger partial charge in [-0.25, -0.2) is 0 Å². The topological polar surface area (TPSA) is 71.3 Å². The predicted octanol–water partition coefficient (Wildman–Crippen LogP) is 3.62. The van der Waals surface area contributed by atoms with E-state index >= 15 is 0 Å². The molecule has 0 saturated carbocycles. The molecule has 3 aromatic rings. The summed E-state index contributed by atoms with van der Waals surface area (Å²) in [5, 5.41) is 7.22. The van der Waals surface area contributed by atoms with Gasteiger partial charge in [0.2, 0.25) is 17.6 Å². The highest BCUT2D eigenvalue weighted by atomic mass is 16.5. The molecule has 0 bridgehead atoms. The lowest BCUT2D eigenvalue weighted by Gasteiger charge is -2.30. The van der Waals surface area contributed by atoms with Crippen molar-refractivity contribution in [1.29, 1.82) is 0 Å². The molecule has 0 spiro atoms. The van der Waals surface area contributed by atoms with Gasteiger partial charge in [0.15, 0.2) is 0 Å². The van der Waals surface area contributed by atoms with E-state index in [9.17, 15) is 4.79 Å². The van der Waals surface area contributed by atoms with E-state index in [1.54, 1.807) is 0 Å². The highest BCUT2D eigenvalue weighted by molar-refractivity contribution is 5.79. The molecule has 1 amide bonds. The number of aryl methyl sites for hydroxylation is 1. The van der Waals surface area contributed by atoms with Gasteiger partial charge in [-0.3, -0.25) is 9.69 Å². The van der Waals surface area contributed by atoms with Crippen LogP contribution in [0.15, 0.2) is 59.1 Å². The molecule has 1 aliphatic heterocycles. The minimum atomic E-state index is 0.00804. The van der Waals surface area contributed by atoms with Crippen LogP contribution in [0.5, 0.6) is 0 Å². The molecule has 1 N–H and O–H groups in total. The number of aromatic nitrogens is 2. The zero-order chi connectivity index (χ0) is 20.8. The van der Waals surface area contributed by atoms with Crippen molar-refractivity contribution < 1.29 is 9.32 Å². The Morgan fingerprint density at radius 2 is 2.07 bits per heavy atom. The van der Waals surface area contributed by atoms with Crippen molar-refractivity contribution in [3.63, 3.8) is 0 Å². The van der Waals surface area contributed by atoms with E-state index in [1.807, 2.05) is 49.4 Å². The van der Waals surface area contributed by atoms with E-state index in [0.29, 0.717) is 24.8 Å². The summed E-state index contributed by atoms with van der Waals surface area (Å²) in [6, 6.07) is 18.3. The summed E-state index contributed by atoms with van der Waals surface area (Å²) < 4.78 is 5.47. The van der Waals surface area contributed by atoms with E-state index < -0.39 is 0 Å². The maximum absolute atomic E-state index is 12.6. The molecule has 2 aromatic carbocycles. The van der Waals surface area contributed by atoms with E-state index in [4.69, 9.17) is 4.52 Å². The van der Waals surface area contributed by atoms with Gasteiger partial charge in [0.05, 0.1) is 12.5 Å². The summed E-state index contributed by atoms with van der Waals surface area (Å²) in [6.45, 7) is 4.95. The lowest BCUT2D eigenvalue weighted by Crippen LogP contribution is -2.43.